The first-order valence-corrected chi connectivity index (χ1v) is 7.33. The van der Waals surface area contributed by atoms with E-state index in [0.29, 0.717) is 25.2 Å². The molecule has 0 radical (unpaired) electrons. The van der Waals surface area contributed by atoms with Crippen LogP contribution in [0.5, 0.6) is 5.75 Å². The van der Waals surface area contributed by atoms with Crippen molar-refractivity contribution in [1.29, 1.82) is 0 Å². The van der Waals surface area contributed by atoms with Crippen molar-refractivity contribution >= 4 is 16.9 Å². The molecule has 2 rings (SSSR count). The molecule has 0 aliphatic rings. The van der Waals surface area contributed by atoms with E-state index in [9.17, 15) is 14.7 Å². The largest absolute Gasteiger partial charge is 0.508 e. The van der Waals surface area contributed by atoms with Crippen LogP contribution in [0, 0.1) is 0 Å². The number of rotatable bonds is 6. The monoisotopic (exact) mass is 305 g/mol. The van der Waals surface area contributed by atoms with Crippen LogP contribution in [-0.4, -0.2) is 31.2 Å². The third kappa shape index (κ3) is 4.08. The highest BCUT2D eigenvalue weighted by Crippen LogP contribution is 2.21. The van der Waals surface area contributed by atoms with Gasteiger partial charge in [0.2, 0.25) is 0 Å². The lowest BCUT2D eigenvalue weighted by molar-refractivity contribution is -0.885. The summed E-state index contributed by atoms with van der Waals surface area (Å²) in [6.45, 7) is 3.52. The van der Waals surface area contributed by atoms with E-state index < -0.39 is 5.63 Å². The topological polar surface area (TPSA) is 84.0 Å². The zero-order valence-electron chi connectivity index (χ0n) is 12.8. The van der Waals surface area contributed by atoms with E-state index in [1.165, 1.54) is 12.1 Å². The number of nitrogens with one attached hydrogen (secondary N) is 2. The van der Waals surface area contributed by atoms with Crippen LogP contribution >= 0.6 is 0 Å². The van der Waals surface area contributed by atoms with Crippen LogP contribution in [0.25, 0.3) is 11.0 Å². The average molecular weight is 305 g/mol. The van der Waals surface area contributed by atoms with E-state index in [0.717, 1.165) is 22.3 Å². The van der Waals surface area contributed by atoms with Crippen molar-refractivity contribution in [3.05, 3.63) is 40.2 Å². The standard InChI is InChI=1S/C16H20N2O4/c1-3-6-17-15(20)10-18(2)9-11-7-16(21)22-14-8-12(19)4-5-13(11)14/h4-5,7-8,19H,3,6,9-10H2,1-2H3,(H,17,20)/p+1. The maximum absolute atomic E-state index is 11.7. The van der Waals surface area contributed by atoms with Crippen molar-refractivity contribution in [2.45, 2.75) is 19.9 Å². The number of phenolic OH excluding ortho intramolecular Hbond substituents is 1. The lowest BCUT2D eigenvalue weighted by Crippen LogP contribution is -3.08. The third-order valence-corrected chi connectivity index (χ3v) is 3.34. The molecular formula is C16H21N2O4+. The quantitative estimate of drug-likeness (QED) is 0.658. The highest BCUT2D eigenvalue weighted by molar-refractivity contribution is 5.81. The van der Waals surface area contributed by atoms with Crippen LogP contribution in [-0.2, 0) is 11.3 Å². The lowest BCUT2D eigenvalue weighted by atomic mass is 10.1. The Hall–Kier alpha value is -2.34. The van der Waals surface area contributed by atoms with Gasteiger partial charge in [0.25, 0.3) is 5.91 Å². The minimum Gasteiger partial charge on any atom is -0.508 e. The molecule has 0 saturated carbocycles. The van der Waals surface area contributed by atoms with Gasteiger partial charge in [-0.25, -0.2) is 4.79 Å². The number of likely N-dealkylation sites (N-methyl/N-ethyl adjacent to an activating group) is 1. The van der Waals surface area contributed by atoms with E-state index in [4.69, 9.17) is 4.42 Å². The Labute approximate surface area is 128 Å². The Morgan fingerprint density at radius 1 is 1.36 bits per heavy atom. The molecule has 22 heavy (non-hydrogen) atoms. The molecule has 2 aromatic rings. The fourth-order valence-electron chi connectivity index (χ4n) is 2.35. The first-order valence-electron chi connectivity index (χ1n) is 7.33. The Balaban J connectivity index is 2.17. The number of hydrogen-bond acceptors (Lipinski definition) is 4. The molecule has 1 atom stereocenters. The molecule has 3 N–H and O–H groups in total. The minimum atomic E-state index is -0.462. The minimum absolute atomic E-state index is 0.00994. The van der Waals surface area contributed by atoms with Crippen LogP contribution < -0.4 is 15.8 Å². The SMILES string of the molecule is CCCNC(=O)C[NH+](C)Cc1cc(=O)oc2cc(O)ccc12. The molecule has 1 aromatic carbocycles. The molecule has 0 bridgehead atoms. The van der Waals surface area contributed by atoms with Crippen molar-refractivity contribution in [1.82, 2.24) is 5.32 Å². The van der Waals surface area contributed by atoms with Gasteiger partial charge in [-0.3, -0.25) is 4.79 Å². The van der Waals surface area contributed by atoms with Crippen LogP contribution in [0.3, 0.4) is 0 Å². The van der Waals surface area contributed by atoms with Crippen molar-refractivity contribution in [2.75, 3.05) is 20.1 Å². The number of fused-ring (bicyclic) bond motifs is 1. The van der Waals surface area contributed by atoms with Gasteiger partial charge < -0.3 is 19.7 Å². The molecule has 1 unspecified atom stereocenters. The molecule has 0 saturated heterocycles. The number of benzene rings is 1. The van der Waals surface area contributed by atoms with Gasteiger partial charge in [0.1, 0.15) is 17.9 Å². The molecule has 1 heterocycles. The van der Waals surface area contributed by atoms with Gasteiger partial charge in [0.05, 0.1) is 7.05 Å². The summed E-state index contributed by atoms with van der Waals surface area (Å²) in [5, 5.41) is 13.1. The normalized spacial score (nSPS) is 12.3. The number of carbonyl (C=O) groups is 1. The molecule has 1 aromatic heterocycles. The lowest BCUT2D eigenvalue weighted by Gasteiger charge is -2.14. The number of amides is 1. The van der Waals surface area contributed by atoms with E-state index >= 15 is 0 Å². The molecule has 0 spiro atoms. The molecule has 0 aliphatic heterocycles. The summed E-state index contributed by atoms with van der Waals surface area (Å²) < 4.78 is 5.09. The Kier molecular flexibility index (Phi) is 5.16. The summed E-state index contributed by atoms with van der Waals surface area (Å²) in [6.07, 6.45) is 0.901. The van der Waals surface area contributed by atoms with E-state index in [1.807, 2.05) is 14.0 Å². The predicted octanol–water partition coefficient (Wildman–Crippen LogP) is 0.0395. The number of quaternary nitrogens is 1. The van der Waals surface area contributed by atoms with Gasteiger partial charge in [-0.1, -0.05) is 6.92 Å². The van der Waals surface area contributed by atoms with E-state index in [1.54, 1.807) is 12.1 Å². The molecule has 0 aliphatic carbocycles. The van der Waals surface area contributed by atoms with Gasteiger partial charge in [-0.15, -0.1) is 0 Å². The Morgan fingerprint density at radius 2 is 2.14 bits per heavy atom. The van der Waals surface area contributed by atoms with E-state index in [-0.39, 0.29) is 11.7 Å². The highest BCUT2D eigenvalue weighted by atomic mass is 16.4. The third-order valence-electron chi connectivity index (χ3n) is 3.34. The average Bonchev–Trinajstić information content (AvgIpc) is 2.44. The molecule has 1 amide bonds. The van der Waals surface area contributed by atoms with Crippen molar-refractivity contribution in [3.8, 4) is 5.75 Å². The first kappa shape index (κ1) is 16.0. The summed E-state index contributed by atoms with van der Waals surface area (Å²) in [5.41, 5.74) is 0.689. The number of phenols is 1. The van der Waals surface area contributed by atoms with Gasteiger partial charge in [-0.05, 0) is 18.6 Å². The smallest absolute Gasteiger partial charge is 0.336 e. The number of hydrogen-bond donors (Lipinski definition) is 3. The molecule has 0 fully saturated rings. The van der Waals surface area contributed by atoms with Crippen LogP contribution in [0.2, 0.25) is 0 Å². The zero-order chi connectivity index (χ0) is 16.1. The summed E-state index contributed by atoms with van der Waals surface area (Å²) in [5.74, 6) is 0.0386. The summed E-state index contributed by atoms with van der Waals surface area (Å²) in [6, 6.07) is 6.12. The van der Waals surface area contributed by atoms with Gasteiger partial charge in [-0.2, -0.15) is 0 Å². The maximum atomic E-state index is 11.7. The van der Waals surface area contributed by atoms with Crippen LogP contribution in [0.1, 0.15) is 18.9 Å². The Morgan fingerprint density at radius 3 is 2.86 bits per heavy atom. The number of aromatic hydroxyl groups is 1. The van der Waals surface area contributed by atoms with Crippen LogP contribution in [0.4, 0.5) is 0 Å². The van der Waals surface area contributed by atoms with Crippen molar-refractivity contribution in [3.63, 3.8) is 0 Å². The Bertz CT molecular complexity index is 724. The molecule has 118 valence electrons. The fourth-order valence-corrected chi connectivity index (χ4v) is 2.35. The zero-order valence-corrected chi connectivity index (χ0v) is 12.8. The second kappa shape index (κ2) is 7.09. The van der Waals surface area contributed by atoms with Gasteiger partial charge in [0.15, 0.2) is 6.54 Å². The predicted molar refractivity (Wildman–Crippen MR) is 82.9 cm³/mol. The summed E-state index contributed by atoms with van der Waals surface area (Å²) in [4.78, 5) is 24.3. The molecular weight excluding hydrogens is 284 g/mol. The van der Waals surface area contributed by atoms with Crippen LogP contribution in [0.15, 0.2) is 33.5 Å². The summed E-state index contributed by atoms with van der Waals surface area (Å²) >= 11 is 0. The first-order chi connectivity index (χ1) is 10.5. The second-order valence-electron chi connectivity index (χ2n) is 5.43. The van der Waals surface area contributed by atoms with Gasteiger partial charge >= 0.3 is 5.63 Å². The van der Waals surface area contributed by atoms with Crippen molar-refractivity contribution < 1.29 is 19.2 Å². The van der Waals surface area contributed by atoms with Crippen molar-refractivity contribution in [2.24, 2.45) is 0 Å². The second-order valence-corrected chi connectivity index (χ2v) is 5.43. The maximum Gasteiger partial charge on any atom is 0.336 e. The molecule has 6 nitrogen and oxygen atoms in total. The highest BCUT2D eigenvalue weighted by Gasteiger charge is 2.14. The van der Waals surface area contributed by atoms with E-state index in [2.05, 4.69) is 5.32 Å². The number of carbonyl (C=O) groups excluding carboxylic acids is 1. The van der Waals surface area contributed by atoms with Gasteiger partial charge in [0, 0.05) is 29.6 Å². The fraction of sp³-hybridized carbons (Fsp3) is 0.375. The molecule has 6 heteroatoms. The summed E-state index contributed by atoms with van der Waals surface area (Å²) in [7, 11) is 1.90.